The van der Waals surface area contributed by atoms with E-state index in [1.54, 1.807) is 36.4 Å². The molecule has 36 heavy (non-hydrogen) atoms. The highest BCUT2D eigenvalue weighted by atomic mass is 16.5. The zero-order valence-electron chi connectivity index (χ0n) is 18.9. The van der Waals surface area contributed by atoms with Gasteiger partial charge in [0, 0.05) is 16.7 Å². The molecule has 3 aromatic carbocycles. The van der Waals surface area contributed by atoms with Crippen LogP contribution in [-0.2, 0) is 14.3 Å². The Morgan fingerprint density at radius 3 is 1.89 bits per heavy atom. The highest BCUT2D eigenvalue weighted by Crippen LogP contribution is 2.32. The van der Waals surface area contributed by atoms with Crippen LogP contribution in [0.3, 0.4) is 0 Å². The zero-order chi connectivity index (χ0) is 25.6. The van der Waals surface area contributed by atoms with Crippen molar-refractivity contribution in [1.29, 1.82) is 0 Å². The molecule has 1 aliphatic heterocycles. The van der Waals surface area contributed by atoms with Gasteiger partial charge in [-0.15, -0.1) is 0 Å². The van der Waals surface area contributed by atoms with Gasteiger partial charge in [0.15, 0.2) is 18.2 Å². The first-order valence-corrected chi connectivity index (χ1v) is 11.0. The maximum atomic E-state index is 13.1. The number of imide groups is 1. The van der Waals surface area contributed by atoms with E-state index in [2.05, 4.69) is 5.32 Å². The molecule has 5 rings (SSSR count). The summed E-state index contributed by atoms with van der Waals surface area (Å²) in [5, 5.41) is 2.51. The summed E-state index contributed by atoms with van der Waals surface area (Å²) < 4.78 is 5.05. The monoisotopic (exact) mass is 482 g/mol. The van der Waals surface area contributed by atoms with E-state index >= 15 is 0 Å². The molecule has 1 atom stereocenters. The number of hydrogen-bond donors (Lipinski definition) is 1. The summed E-state index contributed by atoms with van der Waals surface area (Å²) in [7, 11) is 0. The minimum Gasteiger partial charge on any atom is -0.454 e. The second-order valence-corrected chi connectivity index (χ2v) is 8.29. The fourth-order valence-electron chi connectivity index (χ4n) is 4.36. The molecule has 1 aliphatic carbocycles. The number of esters is 1. The lowest BCUT2D eigenvalue weighted by Crippen LogP contribution is -2.44. The summed E-state index contributed by atoms with van der Waals surface area (Å²) in [6, 6.07) is 15.9. The van der Waals surface area contributed by atoms with Gasteiger partial charge in [-0.05, 0) is 25.1 Å². The number of carbonyl (C=O) groups is 6. The Labute approximate surface area is 204 Å². The van der Waals surface area contributed by atoms with Crippen molar-refractivity contribution in [2.45, 2.75) is 13.0 Å². The summed E-state index contributed by atoms with van der Waals surface area (Å²) in [4.78, 5) is 76.9. The molecule has 0 radical (unpaired) electrons. The molecule has 1 heterocycles. The molecule has 0 saturated carbocycles. The van der Waals surface area contributed by atoms with Gasteiger partial charge in [-0.3, -0.25) is 28.9 Å². The van der Waals surface area contributed by atoms with E-state index in [1.165, 1.54) is 37.3 Å². The molecular weight excluding hydrogens is 464 g/mol. The Balaban J connectivity index is 1.27. The van der Waals surface area contributed by atoms with Crippen molar-refractivity contribution in [3.05, 3.63) is 100 Å². The van der Waals surface area contributed by atoms with Gasteiger partial charge in [0.05, 0.1) is 22.4 Å². The third kappa shape index (κ3) is 3.58. The highest BCUT2D eigenvalue weighted by Gasteiger charge is 2.41. The fourth-order valence-corrected chi connectivity index (χ4v) is 4.36. The van der Waals surface area contributed by atoms with E-state index in [-0.39, 0.29) is 44.9 Å². The molecule has 2 aliphatic rings. The topological polar surface area (TPSA) is 127 Å². The molecule has 178 valence electrons. The molecule has 9 nitrogen and oxygen atoms in total. The molecular formula is C27H18N2O7. The molecule has 0 saturated heterocycles. The Morgan fingerprint density at radius 1 is 0.750 bits per heavy atom. The SMILES string of the molecule is C[C@@H](C(=O)OCC(=O)Nc1cccc2c1C(=O)c1ccccc1C2=O)N1C(=O)c2ccccc2C1=O. The number of carbonyl (C=O) groups excluding carboxylic acids is 6. The van der Waals surface area contributed by atoms with Gasteiger partial charge in [0.25, 0.3) is 17.7 Å². The summed E-state index contributed by atoms with van der Waals surface area (Å²) in [6.45, 7) is 0.603. The number of ether oxygens (including phenoxy) is 1. The van der Waals surface area contributed by atoms with Crippen LogP contribution in [-0.4, -0.2) is 52.8 Å². The summed E-state index contributed by atoms with van der Waals surface area (Å²) in [5.41, 5.74) is 1.22. The lowest BCUT2D eigenvalue weighted by atomic mass is 9.83. The van der Waals surface area contributed by atoms with E-state index in [0.717, 1.165) is 4.90 Å². The van der Waals surface area contributed by atoms with Crippen LogP contribution >= 0.6 is 0 Å². The van der Waals surface area contributed by atoms with Crippen LogP contribution in [0.1, 0.15) is 59.5 Å². The first-order valence-electron chi connectivity index (χ1n) is 11.0. The predicted octanol–water partition coefficient (Wildman–Crippen LogP) is 2.63. The molecule has 3 amide bonds. The van der Waals surface area contributed by atoms with Gasteiger partial charge in [-0.2, -0.15) is 0 Å². The molecule has 3 aromatic rings. The van der Waals surface area contributed by atoms with Crippen molar-refractivity contribution < 1.29 is 33.5 Å². The third-order valence-electron chi connectivity index (χ3n) is 6.13. The quantitative estimate of drug-likeness (QED) is 0.342. The van der Waals surface area contributed by atoms with Crippen LogP contribution in [0.2, 0.25) is 0 Å². The molecule has 9 heteroatoms. The fraction of sp³-hybridized carbons (Fsp3) is 0.111. The maximum Gasteiger partial charge on any atom is 0.329 e. The van der Waals surface area contributed by atoms with Gasteiger partial charge in [-0.25, -0.2) is 4.79 Å². The number of fused-ring (bicyclic) bond motifs is 3. The Hall–Kier alpha value is -4.92. The maximum absolute atomic E-state index is 13.1. The average Bonchev–Trinajstić information content (AvgIpc) is 3.15. The Morgan fingerprint density at radius 2 is 1.28 bits per heavy atom. The van der Waals surface area contributed by atoms with Crippen molar-refractivity contribution in [2.75, 3.05) is 11.9 Å². The van der Waals surface area contributed by atoms with Gasteiger partial charge in [-0.1, -0.05) is 48.5 Å². The first-order chi connectivity index (χ1) is 17.3. The third-order valence-corrected chi connectivity index (χ3v) is 6.13. The van der Waals surface area contributed by atoms with E-state index in [4.69, 9.17) is 4.74 Å². The van der Waals surface area contributed by atoms with Crippen LogP contribution in [0.25, 0.3) is 0 Å². The number of amides is 3. The van der Waals surface area contributed by atoms with E-state index in [9.17, 15) is 28.8 Å². The molecule has 0 unspecified atom stereocenters. The van der Waals surface area contributed by atoms with Crippen molar-refractivity contribution in [2.24, 2.45) is 0 Å². The van der Waals surface area contributed by atoms with Crippen molar-refractivity contribution in [1.82, 2.24) is 4.90 Å². The lowest BCUT2D eigenvalue weighted by molar-refractivity contribution is -0.150. The van der Waals surface area contributed by atoms with E-state index in [1.807, 2.05) is 0 Å². The summed E-state index contributed by atoms with van der Waals surface area (Å²) >= 11 is 0. The molecule has 0 fully saturated rings. The van der Waals surface area contributed by atoms with Gasteiger partial charge in [0.1, 0.15) is 6.04 Å². The Kier molecular flexibility index (Phi) is 5.52. The van der Waals surface area contributed by atoms with Gasteiger partial charge < -0.3 is 10.1 Å². The van der Waals surface area contributed by atoms with E-state index in [0.29, 0.717) is 0 Å². The van der Waals surface area contributed by atoms with Gasteiger partial charge >= 0.3 is 5.97 Å². The van der Waals surface area contributed by atoms with Crippen molar-refractivity contribution in [3.8, 4) is 0 Å². The second kappa shape index (κ2) is 8.70. The van der Waals surface area contributed by atoms with E-state index < -0.39 is 42.1 Å². The summed E-state index contributed by atoms with van der Waals surface area (Å²) in [6.07, 6.45) is 0. The number of nitrogens with zero attached hydrogens (tertiary/aromatic N) is 1. The zero-order valence-corrected chi connectivity index (χ0v) is 18.9. The molecule has 0 bridgehead atoms. The number of ketones is 2. The van der Waals surface area contributed by atoms with Gasteiger partial charge in [0.2, 0.25) is 0 Å². The smallest absolute Gasteiger partial charge is 0.329 e. The molecule has 1 N–H and O–H groups in total. The van der Waals surface area contributed by atoms with Crippen LogP contribution in [0.4, 0.5) is 5.69 Å². The number of hydrogen-bond acceptors (Lipinski definition) is 7. The summed E-state index contributed by atoms with van der Waals surface area (Å²) in [5.74, 6) is -3.70. The first kappa shape index (κ1) is 22.9. The number of nitrogens with one attached hydrogen (secondary N) is 1. The van der Waals surface area contributed by atoms with Crippen molar-refractivity contribution in [3.63, 3.8) is 0 Å². The standard InChI is InChI=1S/C27H18N2O7/c1-14(29-25(33)17-9-4-5-10-18(17)26(29)34)27(35)36-13-21(30)28-20-12-6-11-19-22(20)24(32)16-8-3-2-7-15(16)23(19)31/h2-12,14H,13H2,1H3,(H,28,30)/t14-/m0/s1. The predicted molar refractivity (Wildman–Crippen MR) is 126 cm³/mol. The van der Waals surface area contributed by atoms with Crippen LogP contribution in [0.5, 0.6) is 0 Å². The van der Waals surface area contributed by atoms with Crippen molar-refractivity contribution >= 4 is 40.9 Å². The minimum atomic E-state index is -1.26. The molecule has 0 spiro atoms. The number of rotatable bonds is 5. The second-order valence-electron chi connectivity index (χ2n) is 8.29. The molecule has 0 aromatic heterocycles. The average molecular weight is 482 g/mol. The highest BCUT2D eigenvalue weighted by molar-refractivity contribution is 6.30. The van der Waals surface area contributed by atoms with Crippen LogP contribution in [0, 0.1) is 0 Å². The van der Waals surface area contributed by atoms with Crippen LogP contribution in [0.15, 0.2) is 66.7 Å². The normalized spacial score (nSPS) is 14.6. The lowest BCUT2D eigenvalue weighted by Gasteiger charge is -2.21. The largest absolute Gasteiger partial charge is 0.454 e. The number of benzene rings is 3. The minimum absolute atomic E-state index is 0.0558. The number of anilines is 1. The Bertz CT molecular complexity index is 1470. The van der Waals surface area contributed by atoms with Crippen LogP contribution < -0.4 is 5.32 Å².